The van der Waals surface area contributed by atoms with Crippen LogP contribution in [-0.4, -0.2) is 24.9 Å². The normalized spacial score (nSPS) is 11.3. The summed E-state index contributed by atoms with van der Waals surface area (Å²) in [6, 6.07) is 0. The molecule has 0 aliphatic rings. The van der Waals surface area contributed by atoms with E-state index in [-0.39, 0.29) is 16.7 Å². The fourth-order valence-corrected chi connectivity index (χ4v) is 2.03. The number of sulfonamides is 1. The van der Waals surface area contributed by atoms with E-state index in [1.54, 1.807) is 0 Å². The van der Waals surface area contributed by atoms with Crippen LogP contribution in [0.25, 0.3) is 0 Å². The van der Waals surface area contributed by atoms with Crippen molar-refractivity contribution < 1.29 is 8.42 Å². The van der Waals surface area contributed by atoms with Crippen LogP contribution in [0.4, 0.5) is 0 Å². The second-order valence-corrected chi connectivity index (χ2v) is 5.76. The highest BCUT2D eigenvalue weighted by Gasteiger charge is 2.14. The quantitative estimate of drug-likeness (QED) is 0.851. The number of hydrogen-bond acceptors (Lipinski definition) is 4. The smallest absolute Gasteiger partial charge is 0.225 e. The molecule has 1 N–H and O–H groups in total. The molecule has 0 amide bonds. The van der Waals surface area contributed by atoms with Gasteiger partial charge in [-0.3, -0.25) is 0 Å². The van der Waals surface area contributed by atoms with Gasteiger partial charge in [-0.25, -0.2) is 23.1 Å². The third-order valence-corrected chi connectivity index (χ3v) is 3.19. The van der Waals surface area contributed by atoms with E-state index in [2.05, 4.69) is 37.2 Å². The van der Waals surface area contributed by atoms with Crippen molar-refractivity contribution in [1.29, 1.82) is 0 Å². The molecule has 1 aromatic rings. The van der Waals surface area contributed by atoms with E-state index in [0.717, 1.165) is 12.4 Å². The summed E-state index contributed by atoms with van der Waals surface area (Å²) >= 11 is 8.47. The minimum absolute atomic E-state index is 0.00106. The first-order valence-electron chi connectivity index (χ1n) is 3.72. The maximum Gasteiger partial charge on any atom is 0.243 e. The Hall–Kier alpha value is -0.500. The van der Waals surface area contributed by atoms with Gasteiger partial charge in [-0.2, -0.15) is 0 Å². The summed E-state index contributed by atoms with van der Waals surface area (Å²) in [4.78, 5) is 7.11. The highest BCUT2D eigenvalue weighted by molar-refractivity contribution is 9.11. The zero-order valence-corrected chi connectivity index (χ0v) is 10.6. The van der Waals surface area contributed by atoms with Gasteiger partial charge >= 0.3 is 0 Å². The fraction of sp³-hybridized carbons (Fsp3) is 0.143. The Balaban J connectivity index is 2.87. The number of nitrogens with zero attached hydrogens (tertiary/aromatic N) is 2. The lowest BCUT2D eigenvalue weighted by atomic mass is 10.7. The summed E-state index contributed by atoms with van der Waals surface area (Å²) in [5.74, 6) is 0. The molecule has 15 heavy (non-hydrogen) atoms. The summed E-state index contributed by atoms with van der Waals surface area (Å²) in [6.07, 6.45) is 2.27. The Morgan fingerprint density at radius 2 is 2.07 bits per heavy atom. The molecule has 1 heterocycles. The van der Waals surface area contributed by atoms with Crippen molar-refractivity contribution in [2.45, 2.75) is 4.90 Å². The van der Waals surface area contributed by atoms with Gasteiger partial charge in [0.05, 0.1) is 12.4 Å². The minimum atomic E-state index is -3.60. The summed E-state index contributed by atoms with van der Waals surface area (Å²) in [6.45, 7) is 3.61. The first-order valence-corrected chi connectivity index (χ1v) is 6.38. The van der Waals surface area contributed by atoms with Gasteiger partial charge in [-0.05, 0) is 11.6 Å². The molecule has 82 valence electrons. The van der Waals surface area contributed by atoms with Gasteiger partial charge in [0, 0.05) is 11.0 Å². The third-order valence-electron chi connectivity index (χ3n) is 1.36. The molecule has 0 unspecified atom stereocenters. The molecule has 0 bridgehead atoms. The predicted octanol–water partition coefficient (Wildman–Crippen LogP) is 1.32. The molecule has 0 aliphatic heterocycles. The lowest BCUT2D eigenvalue weighted by Crippen LogP contribution is -2.25. The lowest BCUT2D eigenvalue weighted by molar-refractivity contribution is 0.584. The molecule has 0 aliphatic carbocycles. The monoisotopic (exact) mass is 311 g/mol. The molecule has 0 fully saturated rings. The number of nitrogens with one attached hydrogen (secondary N) is 1. The summed E-state index contributed by atoms with van der Waals surface area (Å²) in [7, 11) is -3.60. The Kier molecular flexibility index (Phi) is 4.21. The topological polar surface area (TPSA) is 72.0 Å². The first-order chi connectivity index (χ1) is 6.92. The molecule has 0 saturated heterocycles. The van der Waals surface area contributed by atoms with E-state index >= 15 is 0 Å². The molecule has 0 radical (unpaired) electrons. The fourth-order valence-electron chi connectivity index (χ4n) is 0.696. The Morgan fingerprint density at radius 1 is 1.53 bits per heavy atom. The second-order valence-electron chi connectivity index (χ2n) is 2.53. The van der Waals surface area contributed by atoms with Gasteiger partial charge in [0.2, 0.25) is 15.3 Å². The molecule has 0 saturated carbocycles. The SMILES string of the molecule is C=C(Br)CNS(=O)(=O)c1cnc(Cl)nc1. The zero-order valence-electron chi connectivity index (χ0n) is 7.44. The van der Waals surface area contributed by atoms with Gasteiger partial charge in [0.25, 0.3) is 0 Å². The van der Waals surface area contributed by atoms with Crippen LogP contribution in [0.2, 0.25) is 5.28 Å². The Bertz CT molecular complexity index is 460. The number of aromatic nitrogens is 2. The van der Waals surface area contributed by atoms with Gasteiger partial charge in [-0.15, -0.1) is 0 Å². The average Bonchev–Trinajstić information content (AvgIpc) is 2.16. The van der Waals surface area contributed by atoms with Crippen LogP contribution in [0.1, 0.15) is 0 Å². The molecular formula is C7H7BrClN3O2S. The highest BCUT2D eigenvalue weighted by Crippen LogP contribution is 2.08. The van der Waals surface area contributed by atoms with Gasteiger partial charge in [0.1, 0.15) is 4.90 Å². The zero-order chi connectivity index (χ0) is 11.5. The molecule has 0 spiro atoms. The van der Waals surface area contributed by atoms with Crippen molar-refractivity contribution in [3.05, 3.63) is 28.7 Å². The molecule has 0 atom stereocenters. The predicted molar refractivity (Wildman–Crippen MR) is 60.3 cm³/mol. The van der Waals surface area contributed by atoms with Crippen LogP contribution in [-0.2, 0) is 10.0 Å². The van der Waals surface area contributed by atoms with Crippen molar-refractivity contribution in [3.63, 3.8) is 0 Å². The van der Waals surface area contributed by atoms with E-state index in [0.29, 0.717) is 4.48 Å². The van der Waals surface area contributed by atoms with Crippen molar-refractivity contribution in [3.8, 4) is 0 Å². The van der Waals surface area contributed by atoms with Gasteiger partial charge in [-0.1, -0.05) is 22.5 Å². The van der Waals surface area contributed by atoms with E-state index in [4.69, 9.17) is 11.6 Å². The van der Waals surface area contributed by atoms with E-state index in [1.807, 2.05) is 0 Å². The molecule has 5 nitrogen and oxygen atoms in total. The first kappa shape index (κ1) is 12.6. The molecule has 8 heteroatoms. The van der Waals surface area contributed by atoms with Crippen molar-refractivity contribution in [2.75, 3.05) is 6.54 Å². The van der Waals surface area contributed by atoms with E-state index in [9.17, 15) is 8.42 Å². The van der Waals surface area contributed by atoms with Crippen LogP contribution in [0, 0.1) is 0 Å². The van der Waals surface area contributed by atoms with Crippen LogP contribution >= 0.6 is 27.5 Å². The number of halogens is 2. The lowest BCUT2D eigenvalue weighted by Gasteiger charge is -2.04. The summed E-state index contributed by atoms with van der Waals surface area (Å²) < 4.78 is 25.9. The van der Waals surface area contributed by atoms with Crippen LogP contribution < -0.4 is 4.72 Å². The highest BCUT2D eigenvalue weighted by atomic mass is 79.9. The Morgan fingerprint density at radius 3 is 2.53 bits per heavy atom. The largest absolute Gasteiger partial charge is 0.243 e. The van der Waals surface area contributed by atoms with Crippen LogP contribution in [0.5, 0.6) is 0 Å². The minimum Gasteiger partial charge on any atom is -0.225 e. The standard InChI is InChI=1S/C7H7BrClN3O2S/c1-5(8)2-12-15(13,14)6-3-10-7(9)11-4-6/h3-4,12H,1-2H2. The summed E-state index contributed by atoms with van der Waals surface area (Å²) in [5.41, 5.74) is 0. The molecule has 1 aromatic heterocycles. The van der Waals surface area contributed by atoms with Crippen LogP contribution in [0.3, 0.4) is 0 Å². The average molecular weight is 313 g/mol. The van der Waals surface area contributed by atoms with Gasteiger partial charge < -0.3 is 0 Å². The number of hydrogen-bond donors (Lipinski definition) is 1. The maximum absolute atomic E-state index is 11.6. The maximum atomic E-state index is 11.6. The molecular weight excluding hydrogens is 306 g/mol. The second kappa shape index (κ2) is 5.02. The summed E-state index contributed by atoms with van der Waals surface area (Å²) in [5, 5.41) is -0.00106. The third kappa shape index (κ3) is 3.86. The molecule has 0 aromatic carbocycles. The van der Waals surface area contributed by atoms with Crippen LogP contribution in [0.15, 0.2) is 28.4 Å². The van der Waals surface area contributed by atoms with Crippen molar-refractivity contribution in [2.24, 2.45) is 0 Å². The van der Waals surface area contributed by atoms with Crippen molar-refractivity contribution in [1.82, 2.24) is 14.7 Å². The molecule has 1 rings (SSSR count). The van der Waals surface area contributed by atoms with Gasteiger partial charge in [0.15, 0.2) is 0 Å². The van der Waals surface area contributed by atoms with Crippen molar-refractivity contribution >= 4 is 37.6 Å². The van der Waals surface area contributed by atoms with E-state index in [1.165, 1.54) is 0 Å². The number of rotatable bonds is 4. The Labute approximate surface area is 101 Å². The van der Waals surface area contributed by atoms with E-state index < -0.39 is 10.0 Å².